The minimum atomic E-state index is -4.67. The van der Waals surface area contributed by atoms with Crippen LogP contribution < -0.4 is 0 Å². The van der Waals surface area contributed by atoms with Gasteiger partial charge in [0, 0.05) is 0 Å². The summed E-state index contributed by atoms with van der Waals surface area (Å²) in [4.78, 5) is 11.4. The predicted molar refractivity (Wildman–Crippen MR) is 52.1 cm³/mol. The van der Waals surface area contributed by atoms with Crippen LogP contribution in [0.2, 0.25) is 0 Å². The van der Waals surface area contributed by atoms with Crippen LogP contribution in [0.3, 0.4) is 0 Å². The van der Waals surface area contributed by atoms with Gasteiger partial charge in [0.15, 0.2) is 0 Å². The van der Waals surface area contributed by atoms with Gasteiger partial charge in [-0.25, -0.2) is 4.79 Å². The van der Waals surface area contributed by atoms with E-state index in [1.807, 2.05) is 0 Å². The summed E-state index contributed by atoms with van der Waals surface area (Å²) in [5.74, 6) is -0.935. The van der Waals surface area contributed by atoms with Gasteiger partial charge in [-0.2, -0.15) is 18.4 Å². The average molecular weight is 243 g/mol. The van der Waals surface area contributed by atoms with Gasteiger partial charge >= 0.3 is 12.1 Å². The van der Waals surface area contributed by atoms with Crippen molar-refractivity contribution in [2.24, 2.45) is 0 Å². The van der Waals surface area contributed by atoms with Crippen molar-refractivity contribution in [2.45, 2.75) is 13.1 Å². The van der Waals surface area contributed by atoms with E-state index in [9.17, 15) is 18.0 Å². The lowest BCUT2D eigenvalue weighted by molar-refractivity contribution is -0.137. The predicted octanol–water partition coefficient (Wildman–Crippen LogP) is 2.75. The second-order valence-electron chi connectivity index (χ2n) is 3.06. The highest BCUT2D eigenvalue weighted by Crippen LogP contribution is 2.33. The number of carbonyl (C=O) groups is 1. The van der Waals surface area contributed by atoms with E-state index in [0.29, 0.717) is 0 Å². The lowest BCUT2D eigenvalue weighted by Gasteiger charge is -2.11. The molecule has 1 aromatic rings. The van der Waals surface area contributed by atoms with Crippen molar-refractivity contribution in [1.29, 1.82) is 5.26 Å². The molecule has 0 saturated heterocycles. The van der Waals surface area contributed by atoms with Gasteiger partial charge in [0.25, 0.3) is 0 Å². The summed E-state index contributed by atoms with van der Waals surface area (Å²) in [7, 11) is 0. The van der Waals surface area contributed by atoms with Crippen LogP contribution in [0.1, 0.15) is 28.4 Å². The van der Waals surface area contributed by atoms with Crippen molar-refractivity contribution < 1.29 is 22.7 Å². The molecular weight excluding hydrogens is 235 g/mol. The van der Waals surface area contributed by atoms with E-state index >= 15 is 0 Å². The molecule has 0 aliphatic carbocycles. The Morgan fingerprint density at radius 2 is 2.12 bits per heavy atom. The molecule has 0 N–H and O–H groups in total. The van der Waals surface area contributed by atoms with Crippen LogP contribution in [0.4, 0.5) is 13.2 Å². The van der Waals surface area contributed by atoms with Crippen LogP contribution in [0.25, 0.3) is 0 Å². The zero-order chi connectivity index (χ0) is 13.1. The number of hydrogen-bond donors (Lipinski definition) is 0. The highest BCUT2D eigenvalue weighted by Gasteiger charge is 2.35. The first-order chi connectivity index (χ1) is 7.91. The zero-order valence-electron chi connectivity index (χ0n) is 8.84. The quantitative estimate of drug-likeness (QED) is 0.750. The van der Waals surface area contributed by atoms with E-state index in [-0.39, 0.29) is 12.2 Å². The third kappa shape index (κ3) is 2.75. The molecule has 1 aromatic carbocycles. The maximum absolute atomic E-state index is 12.6. The second kappa shape index (κ2) is 4.87. The number of alkyl halides is 3. The number of halogens is 3. The fraction of sp³-hybridized carbons (Fsp3) is 0.273. The zero-order valence-corrected chi connectivity index (χ0v) is 8.84. The van der Waals surface area contributed by atoms with Gasteiger partial charge in [0.1, 0.15) is 6.07 Å². The largest absolute Gasteiger partial charge is 0.462 e. The smallest absolute Gasteiger partial charge is 0.417 e. The van der Waals surface area contributed by atoms with Gasteiger partial charge in [-0.15, -0.1) is 0 Å². The Morgan fingerprint density at radius 3 is 2.59 bits per heavy atom. The molecular formula is C11H8F3NO2. The monoisotopic (exact) mass is 243 g/mol. The van der Waals surface area contributed by atoms with Gasteiger partial charge in [-0.1, -0.05) is 6.07 Å². The van der Waals surface area contributed by atoms with Crippen LogP contribution in [0.15, 0.2) is 18.2 Å². The standard InChI is InChI=1S/C11H8F3NO2/c1-2-17-10(16)7-4-3-5-9(8(7)6-15)11(12,13)14/h3-5H,2H2,1H3. The molecule has 0 spiro atoms. The molecule has 6 heteroatoms. The third-order valence-electron chi connectivity index (χ3n) is 1.98. The maximum Gasteiger partial charge on any atom is 0.417 e. The van der Waals surface area contributed by atoms with Crippen molar-refractivity contribution in [3.8, 4) is 6.07 Å². The molecule has 0 unspecified atom stereocenters. The van der Waals surface area contributed by atoms with Crippen LogP contribution in [-0.4, -0.2) is 12.6 Å². The molecule has 0 aromatic heterocycles. The minimum absolute atomic E-state index is 0.0277. The summed E-state index contributed by atoms with van der Waals surface area (Å²) in [5.41, 5.74) is -2.21. The van der Waals surface area contributed by atoms with Crippen LogP contribution >= 0.6 is 0 Å². The Bertz CT molecular complexity index is 475. The Morgan fingerprint density at radius 1 is 1.47 bits per heavy atom. The van der Waals surface area contributed by atoms with Gasteiger partial charge in [0.05, 0.1) is 23.3 Å². The summed E-state index contributed by atoms with van der Waals surface area (Å²) in [6.07, 6.45) is -4.67. The SMILES string of the molecule is CCOC(=O)c1cccc(C(F)(F)F)c1C#N. The molecule has 1 rings (SSSR count). The van der Waals surface area contributed by atoms with Crippen molar-refractivity contribution >= 4 is 5.97 Å². The Balaban J connectivity index is 3.35. The number of benzene rings is 1. The van der Waals surface area contributed by atoms with E-state index in [2.05, 4.69) is 4.74 Å². The number of nitrogens with zero attached hydrogens (tertiary/aromatic N) is 1. The highest BCUT2D eigenvalue weighted by atomic mass is 19.4. The number of nitriles is 1. The summed E-state index contributed by atoms with van der Waals surface area (Å²) < 4.78 is 42.3. The normalized spacial score (nSPS) is 10.8. The average Bonchev–Trinajstić information content (AvgIpc) is 2.27. The Hall–Kier alpha value is -2.03. The molecule has 0 saturated carbocycles. The lowest BCUT2D eigenvalue weighted by atomic mass is 10.0. The van der Waals surface area contributed by atoms with Gasteiger partial charge < -0.3 is 4.74 Å². The molecule has 0 amide bonds. The van der Waals surface area contributed by atoms with Crippen molar-refractivity contribution in [1.82, 2.24) is 0 Å². The number of ether oxygens (including phenoxy) is 1. The first-order valence-electron chi connectivity index (χ1n) is 4.69. The molecule has 17 heavy (non-hydrogen) atoms. The fourth-order valence-electron chi connectivity index (χ4n) is 1.29. The Labute approximate surface area is 95.4 Å². The molecule has 0 aliphatic heterocycles. The number of rotatable bonds is 2. The van der Waals surface area contributed by atoms with Crippen LogP contribution in [0, 0.1) is 11.3 Å². The van der Waals surface area contributed by atoms with E-state index in [4.69, 9.17) is 5.26 Å². The van der Waals surface area contributed by atoms with Crippen LogP contribution in [0.5, 0.6) is 0 Å². The topological polar surface area (TPSA) is 50.1 Å². The second-order valence-corrected chi connectivity index (χ2v) is 3.06. The maximum atomic E-state index is 12.6. The Kier molecular flexibility index (Phi) is 3.73. The summed E-state index contributed by atoms with van der Waals surface area (Å²) in [5, 5.41) is 8.72. The van der Waals surface area contributed by atoms with Crippen molar-refractivity contribution in [3.05, 3.63) is 34.9 Å². The first-order valence-corrected chi connectivity index (χ1v) is 4.69. The molecule has 0 heterocycles. The number of hydrogen-bond acceptors (Lipinski definition) is 3. The van der Waals surface area contributed by atoms with E-state index < -0.39 is 23.3 Å². The molecule has 3 nitrogen and oxygen atoms in total. The number of carbonyl (C=O) groups excluding carboxylic acids is 1. The first kappa shape index (κ1) is 13.0. The van der Waals surface area contributed by atoms with Crippen LogP contribution in [-0.2, 0) is 10.9 Å². The molecule has 90 valence electrons. The molecule has 0 bridgehead atoms. The van der Waals surface area contributed by atoms with Gasteiger partial charge in [-0.3, -0.25) is 0 Å². The fourth-order valence-corrected chi connectivity index (χ4v) is 1.29. The third-order valence-corrected chi connectivity index (χ3v) is 1.98. The summed E-state index contributed by atoms with van der Waals surface area (Å²) >= 11 is 0. The van der Waals surface area contributed by atoms with Crippen molar-refractivity contribution in [3.63, 3.8) is 0 Å². The van der Waals surface area contributed by atoms with E-state index in [0.717, 1.165) is 18.2 Å². The number of esters is 1. The van der Waals surface area contributed by atoms with E-state index in [1.54, 1.807) is 0 Å². The highest BCUT2D eigenvalue weighted by molar-refractivity contribution is 5.92. The summed E-state index contributed by atoms with van der Waals surface area (Å²) in [6, 6.07) is 4.34. The summed E-state index contributed by atoms with van der Waals surface area (Å²) in [6.45, 7) is 1.55. The lowest BCUT2D eigenvalue weighted by Crippen LogP contribution is -2.13. The molecule has 0 atom stereocenters. The molecule has 0 fully saturated rings. The molecule has 0 aliphatic rings. The van der Waals surface area contributed by atoms with E-state index in [1.165, 1.54) is 13.0 Å². The molecule has 0 radical (unpaired) electrons. The van der Waals surface area contributed by atoms with Gasteiger partial charge in [-0.05, 0) is 19.1 Å². The minimum Gasteiger partial charge on any atom is -0.462 e. The van der Waals surface area contributed by atoms with Gasteiger partial charge in [0.2, 0.25) is 0 Å². The van der Waals surface area contributed by atoms with Crippen molar-refractivity contribution in [2.75, 3.05) is 6.61 Å².